The van der Waals surface area contributed by atoms with Crippen LogP contribution in [0.1, 0.15) is 24.0 Å². The van der Waals surface area contributed by atoms with Gasteiger partial charge in [-0.2, -0.15) is 0 Å². The van der Waals surface area contributed by atoms with E-state index in [1.165, 1.54) is 0 Å². The third-order valence-corrected chi connectivity index (χ3v) is 6.72. The lowest BCUT2D eigenvalue weighted by Crippen LogP contribution is -2.51. The molecule has 1 aromatic carbocycles. The van der Waals surface area contributed by atoms with Crippen LogP contribution in [-0.4, -0.2) is 46.8 Å². The smallest absolute Gasteiger partial charge is 0.335 e. The van der Waals surface area contributed by atoms with Crippen LogP contribution in [0.15, 0.2) is 17.0 Å². The summed E-state index contributed by atoms with van der Waals surface area (Å²) in [4.78, 5) is 26.9. The number of carbonyl (C=O) groups is 2. The van der Waals surface area contributed by atoms with Gasteiger partial charge in [0.25, 0.3) is 0 Å². The maximum absolute atomic E-state index is 13.1. The third kappa shape index (κ3) is 4.02. The topological polar surface area (TPSA) is 64.6 Å². The van der Waals surface area contributed by atoms with E-state index in [4.69, 9.17) is 55.9 Å². The largest absolute Gasteiger partial charge is 0.464 e. The predicted octanol–water partition coefficient (Wildman–Crippen LogP) is 3.89. The Hall–Kier alpha value is -0.370. The Morgan fingerprint density at radius 3 is 2.67 bits per heavy atom. The highest BCUT2D eigenvalue weighted by atomic mass is 35.6. The number of benzene rings is 1. The molecular formula is C17H17Cl4NO4S. The summed E-state index contributed by atoms with van der Waals surface area (Å²) in [7, 11) is 0. The van der Waals surface area contributed by atoms with E-state index in [0.717, 1.165) is 27.8 Å². The highest BCUT2D eigenvalue weighted by Gasteiger charge is 2.61. The van der Waals surface area contributed by atoms with Crippen LogP contribution in [0, 0.1) is 0 Å². The molecule has 27 heavy (non-hydrogen) atoms. The molecule has 2 atom stereocenters. The molecule has 10 heteroatoms. The van der Waals surface area contributed by atoms with E-state index in [2.05, 4.69) is 5.32 Å². The van der Waals surface area contributed by atoms with E-state index in [1.807, 2.05) is 6.07 Å². The lowest BCUT2D eigenvalue weighted by Gasteiger charge is -2.30. The highest BCUT2D eigenvalue weighted by molar-refractivity contribution is 8.02. The fourth-order valence-electron chi connectivity index (χ4n) is 3.44. The van der Waals surface area contributed by atoms with Gasteiger partial charge in [-0.1, -0.05) is 58.2 Å². The molecule has 148 valence electrons. The van der Waals surface area contributed by atoms with Crippen molar-refractivity contribution in [3.8, 4) is 0 Å². The van der Waals surface area contributed by atoms with Crippen molar-refractivity contribution in [1.82, 2.24) is 5.32 Å². The molecule has 0 bridgehead atoms. The second-order valence-corrected chi connectivity index (χ2v) is 10.4. The van der Waals surface area contributed by atoms with Gasteiger partial charge < -0.3 is 14.8 Å². The molecule has 0 amide bonds. The van der Waals surface area contributed by atoms with E-state index >= 15 is 0 Å². The average molecular weight is 473 g/mol. The molecule has 0 aromatic heterocycles. The number of nitrogens with one attached hydrogen (secondary N) is 1. The van der Waals surface area contributed by atoms with E-state index in [1.54, 1.807) is 13.0 Å². The van der Waals surface area contributed by atoms with E-state index < -0.39 is 33.0 Å². The molecule has 0 saturated carbocycles. The summed E-state index contributed by atoms with van der Waals surface area (Å²) in [6.07, 6.45) is 0.696. The zero-order chi connectivity index (χ0) is 19.8. The third-order valence-electron chi connectivity index (χ3n) is 4.52. The van der Waals surface area contributed by atoms with E-state index in [0.29, 0.717) is 24.5 Å². The van der Waals surface area contributed by atoms with Crippen molar-refractivity contribution in [2.45, 2.75) is 32.7 Å². The first-order valence-corrected chi connectivity index (χ1v) is 10.7. The normalized spacial score (nSPS) is 24.1. The summed E-state index contributed by atoms with van der Waals surface area (Å²) in [5.41, 5.74) is 1.81. The zero-order valence-electron chi connectivity index (χ0n) is 14.3. The van der Waals surface area contributed by atoms with Crippen LogP contribution in [0.2, 0.25) is 5.02 Å². The Labute approximate surface area is 181 Å². The molecule has 0 saturated heterocycles. The Balaban J connectivity index is 2.07. The van der Waals surface area contributed by atoms with Gasteiger partial charge in [0.2, 0.25) is 8.54 Å². The number of esters is 2. The molecular weight excluding hydrogens is 456 g/mol. The monoisotopic (exact) mass is 471 g/mol. The summed E-state index contributed by atoms with van der Waals surface area (Å²) in [6, 6.07) is 3.59. The van der Waals surface area contributed by atoms with Crippen LogP contribution in [-0.2, 0) is 25.5 Å². The van der Waals surface area contributed by atoms with Crippen molar-refractivity contribution >= 4 is 70.1 Å². The maximum Gasteiger partial charge on any atom is 0.335 e. The lowest BCUT2D eigenvalue weighted by atomic mass is 9.83. The highest BCUT2D eigenvalue weighted by Crippen LogP contribution is 2.57. The Kier molecular flexibility index (Phi) is 6.46. The fraction of sp³-hybridized carbons (Fsp3) is 0.529. The number of carbonyl (C=O) groups excluding carboxylic acids is 2. The first-order valence-electron chi connectivity index (χ1n) is 8.33. The van der Waals surface area contributed by atoms with Crippen molar-refractivity contribution in [2.24, 2.45) is 0 Å². The first kappa shape index (κ1) is 21.3. The van der Waals surface area contributed by atoms with Gasteiger partial charge in [0.05, 0.1) is 6.61 Å². The van der Waals surface area contributed by atoms with Crippen molar-refractivity contribution < 1.29 is 19.1 Å². The number of hydrogen-bond donors (Lipinski definition) is 1. The molecule has 1 aromatic rings. The summed E-state index contributed by atoms with van der Waals surface area (Å²) in [5, 5.41) is 3.88. The van der Waals surface area contributed by atoms with Gasteiger partial charge in [-0.15, -0.1) is 0 Å². The Bertz CT molecular complexity index is 770. The van der Waals surface area contributed by atoms with Gasteiger partial charge in [0, 0.05) is 22.4 Å². The molecule has 0 fully saturated rings. The summed E-state index contributed by atoms with van der Waals surface area (Å²) < 4.78 is 7.10. The van der Waals surface area contributed by atoms with Gasteiger partial charge in [0.15, 0.2) is 0 Å². The van der Waals surface area contributed by atoms with Crippen molar-refractivity contribution in [1.29, 1.82) is 0 Å². The molecule has 2 aliphatic rings. The van der Waals surface area contributed by atoms with E-state index in [9.17, 15) is 9.59 Å². The van der Waals surface area contributed by atoms with Crippen molar-refractivity contribution in [2.75, 3.05) is 26.3 Å². The molecule has 3 rings (SSSR count). The minimum atomic E-state index is -1.78. The maximum atomic E-state index is 13.1. The average Bonchev–Trinajstić information content (AvgIpc) is 2.76. The number of hydrogen-bond acceptors (Lipinski definition) is 6. The molecule has 2 aliphatic heterocycles. The zero-order valence-corrected chi connectivity index (χ0v) is 18.2. The molecule has 0 spiro atoms. The number of ether oxygens (including phenoxy) is 2. The lowest BCUT2D eigenvalue weighted by molar-refractivity contribution is -0.159. The Morgan fingerprint density at radius 1 is 1.30 bits per heavy atom. The van der Waals surface area contributed by atoms with Gasteiger partial charge in [-0.3, -0.25) is 0 Å². The SMILES string of the molecule is CCOC(=O)C1(C(=O)OCC(Cl)(Cl)Cl)Sc2ccc(Cl)c3c2C1CNCC3. The molecule has 5 nitrogen and oxygen atoms in total. The summed E-state index contributed by atoms with van der Waals surface area (Å²) in [5.74, 6) is -1.96. The standard InChI is InChI=1S/C17H17Cl4NO4S/c1-2-25-14(23)17(15(24)26-8-16(19,20)21)10-7-22-6-5-9-11(18)3-4-12(27-17)13(9)10/h3-4,10,22H,2,5-8H2,1H3. The minimum Gasteiger partial charge on any atom is -0.464 e. The molecule has 0 radical (unpaired) electrons. The Morgan fingerprint density at radius 2 is 2.00 bits per heavy atom. The second-order valence-electron chi connectivity index (χ2n) is 6.19. The van der Waals surface area contributed by atoms with E-state index in [-0.39, 0.29) is 6.61 Å². The molecule has 2 unspecified atom stereocenters. The second kappa shape index (κ2) is 8.17. The number of alkyl halides is 3. The predicted molar refractivity (Wildman–Crippen MR) is 107 cm³/mol. The quantitative estimate of drug-likeness (QED) is 0.407. The van der Waals surface area contributed by atoms with Gasteiger partial charge in [-0.05, 0) is 43.1 Å². The van der Waals surface area contributed by atoms with Crippen LogP contribution in [0.5, 0.6) is 0 Å². The first-order chi connectivity index (χ1) is 12.7. The van der Waals surface area contributed by atoms with Gasteiger partial charge in [-0.25, -0.2) is 9.59 Å². The summed E-state index contributed by atoms with van der Waals surface area (Å²) >= 11 is 24.7. The number of rotatable bonds is 4. The summed E-state index contributed by atoms with van der Waals surface area (Å²) in [6.45, 7) is 2.42. The number of halogens is 4. The van der Waals surface area contributed by atoms with Crippen LogP contribution < -0.4 is 5.32 Å². The molecule has 1 N–H and O–H groups in total. The number of thioether (sulfide) groups is 1. The van der Waals surface area contributed by atoms with Crippen LogP contribution in [0.25, 0.3) is 0 Å². The van der Waals surface area contributed by atoms with Crippen molar-refractivity contribution in [3.63, 3.8) is 0 Å². The van der Waals surface area contributed by atoms with Gasteiger partial charge in [0.1, 0.15) is 6.61 Å². The van der Waals surface area contributed by atoms with Crippen LogP contribution >= 0.6 is 58.2 Å². The fourth-order valence-corrected chi connectivity index (χ4v) is 5.35. The van der Waals surface area contributed by atoms with Gasteiger partial charge >= 0.3 is 11.9 Å². The molecule has 2 heterocycles. The van der Waals surface area contributed by atoms with Crippen LogP contribution in [0.4, 0.5) is 0 Å². The van der Waals surface area contributed by atoms with Crippen LogP contribution in [0.3, 0.4) is 0 Å². The van der Waals surface area contributed by atoms with Crippen molar-refractivity contribution in [3.05, 3.63) is 28.3 Å². The minimum absolute atomic E-state index is 0.128. The molecule has 0 aliphatic carbocycles.